The number of hydrogen-bond acceptors (Lipinski definition) is 4. The first-order chi connectivity index (χ1) is 17.3. The third-order valence-corrected chi connectivity index (χ3v) is 8.51. The van der Waals surface area contributed by atoms with Crippen molar-refractivity contribution in [1.82, 2.24) is 19.7 Å². The second-order valence-electron chi connectivity index (χ2n) is 11.8. The molecule has 5 rings (SSSR count). The fourth-order valence-corrected chi connectivity index (χ4v) is 6.78. The topological polar surface area (TPSA) is 70.7 Å². The summed E-state index contributed by atoms with van der Waals surface area (Å²) < 4.78 is 7.63. The second-order valence-corrected chi connectivity index (χ2v) is 11.8. The van der Waals surface area contributed by atoms with Gasteiger partial charge in [-0.3, -0.25) is 9.59 Å². The van der Waals surface area contributed by atoms with E-state index in [0.717, 1.165) is 57.4 Å². The fourth-order valence-electron chi connectivity index (χ4n) is 6.78. The van der Waals surface area contributed by atoms with Crippen LogP contribution in [0.3, 0.4) is 0 Å². The Bertz CT molecular complexity index is 1040. The molecule has 196 valence electrons. The molecule has 1 saturated carbocycles. The zero-order valence-electron chi connectivity index (χ0n) is 22.2. The van der Waals surface area contributed by atoms with E-state index in [0.29, 0.717) is 36.4 Å². The minimum absolute atomic E-state index is 0.0345. The average molecular weight is 495 g/mol. The van der Waals surface area contributed by atoms with Gasteiger partial charge in [-0.25, -0.2) is 0 Å². The first-order valence-electron chi connectivity index (χ1n) is 13.9. The van der Waals surface area contributed by atoms with E-state index in [9.17, 15) is 9.59 Å². The first kappa shape index (κ1) is 25.1. The van der Waals surface area contributed by atoms with Crippen molar-refractivity contribution in [1.29, 1.82) is 0 Å². The first-order valence-corrected chi connectivity index (χ1v) is 13.9. The summed E-state index contributed by atoms with van der Waals surface area (Å²) in [5.74, 6) is 2.03. The minimum atomic E-state index is -0.954. The van der Waals surface area contributed by atoms with Gasteiger partial charge in [-0.1, -0.05) is 33.1 Å². The van der Waals surface area contributed by atoms with Gasteiger partial charge >= 0.3 is 0 Å². The summed E-state index contributed by atoms with van der Waals surface area (Å²) in [5, 5.41) is 3.33. The van der Waals surface area contributed by atoms with Crippen LogP contribution in [0.2, 0.25) is 0 Å². The normalized spacial score (nSPS) is 27.8. The van der Waals surface area contributed by atoms with Crippen LogP contribution >= 0.6 is 0 Å². The number of carbonyl (C=O) groups is 2. The molecular weight excluding hydrogens is 452 g/mol. The highest BCUT2D eigenvalue weighted by molar-refractivity contribution is 6.00. The maximum Gasteiger partial charge on any atom is 0.271 e. The number of aromatic nitrogens is 1. The zero-order valence-corrected chi connectivity index (χ0v) is 22.2. The number of fused-ring (bicyclic) bond motifs is 1. The van der Waals surface area contributed by atoms with Gasteiger partial charge in [0.1, 0.15) is 17.0 Å². The predicted molar refractivity (Wildman–Crippen MR) is 141 cm³/mol. The van der Waals surface area contributed by atoms with Crippen molar-refractivity contribution in [3.63, 3.8) is 0 Å². The Hall–Kier alpha value is -2.54. The maximum atomic E-state index is 13.9. The summed E-state index contributed by atoms with van der Waals surface area (Å²) in [6.07, 6.45) is 9.38. The number of nitrogens with zero attached hydrogens (tertiary/aromatic N) is 3. The summed E-state index contributed by atoms with van der Waals surface area (Å²) in [7, 11) is 0. The van der Waals surface area contributed by atoms with E-state index in [-0.39, 0.29) is 17.9 Å². The van der Waals surface area contributed by atoms with Gasteiger partial charge in [0.2, 0.25) is 5.91 Å². The Labute approximate surface area is 215 Å². The largest absolute Gasteiger partial charge is 0.463 e. The maximum absolute atomic E-state index is 13.9. The molecule has 2 aromatic rings. The van der Waals surface area contributed by atoms with Crippen LogP contribution in [0.4, 0.5) is 0 Å². The van der Waals surface area contributed by atoms with Crippen molar-refractivity contribution in [3.8, 4) is 11.5 Å². The Morgan fingerprint density at radius 2 is 1.78 bits per heavy atom. The molecule has 1 aliphatic carbocycles. The molecule has 2 aliphatic heterocycles. The summed E-state index contributed by atoms with van der Waals surface area (Å²) in [5.41, 5.74) is 0.519. The van der Waals surface area contributed by atoms with E-state index in [1.807, 2.05) is 40.7 Å². The van der Waals surface area contributed by atoms with Crippen LogP contribution < -0.4 is 5.32 Å². The standard InChI is InChI=1S/C29H42N4O3/c1-21-17-22(2)19-31(18-21)14-8-15-33-27(34)25-13-12-24(26-11-7-16-36-26)32(25)20-29(33,3)28(35)30-23-9-5-4-6-10-23/h7,11-13,16,21-23H,4-6,8-10,14-15,17-20H2,1-3H3,(H,30,35). The molecule has 0 aromatic carbocycles. The van der Waals surface area contributed by atoms with Crippen LogP contribution in [0.1, 0.15) is 76.2 Å². The molecule has 3 atom stereocenters. The van der Waals surface area contributed by atoms with Crippen LogP contribution in [0, 0.1) is 11.8 Å². The third kappa shape index (κ3) is 4.99. The van der Waals surface area contributed by atoms with Crippen molar-refractivity contribution >= 4 is 11.8 Å². The molecule has 36 heavy (non-hydrogen) atoms. The molecule has 3 aliphatic rings. The number of rotatable bonds is 7. The quantitative estimate of drug-likeness (QED) is 0.601. The van der Waals surface area contributed by atoms with E-state index >= 15 is 0 Å². The van der Waals surface area contributed by atoms with Crippen molar-refractivity contribution in [2.45, 2.75) is 83.8 Å². The van der Waals surface area contributed by atoms with Gasteiger partial charge in [0, 0.05) is 25.7 Å². The van der Waals surface area contributed by atoms with Gasteiger partial charge in [-0.15, -0.1) is 0 Å². The van der Waals surface area contributed by atoms with Gasteiger partial charge in [0.15, 0.2) is 0 Å². The van der Waals surface area contributed by atoms with Crippen molar-refractivity contribution < 1.29 is 14.0 Å². The lowest BCUT2D eigenvalue weighted by atomic mass is 9.91. The molecular formula is C29H42N4O3. The van der Waals surface area contributed by atoms with Gasteiger partial charge in [0.25, 0.3) is 5.91 Å². The summed E-state index contributed by atoms with van der Waals surface area (Å²) in [4.78, 5) is 32.1. The Kier molecular flexibility index (Phi) is 7.29. The van der Waals surface area contributed by atoms with E-state index in [1.165, 1.54) is 12.8 Å². The number of nitrogens with one attached hydrogen (secondary N) is 1. The molecule has 2 aromatic heterocycles. The number of carbonyl (C=O) groups excluding carboxylic acids is 2. The van der Waals surface area contributed by atoms with Gasteiger partial charge in [-0.05, 0) is 75.3 Å². The number of amides is 2. The fraction of sp³-hybridized carbons (Fsp3) is 0.655. The van der Waals surface area contributed by atoms with E-state index in [4.69, 9.17) is 4.42 Å². The lowest BCUT2D eigenvalue weighted by Crippen LogP contribution is -2.65. The molecule has 1 N–H and O–H groups in total. The summed E-state index contributed by atoms with van der Waals surface area (Å²) >= 11 is 0. The second kappa shape index (κ2) is 10.4. The predicted octanol–water partition coefficient (Wildman–Crippen LogP) is 4.78. The molecule has 0 radical (unpaired) electrons. The molecule has 7 nitrogen and oxygen atoms in total. The molecule has 2 amide bonds. The van der Waals surface area contributed by atoms with Crippen molar-refractivity contribution in [2.24, 2.45) is 11.8 Å². The number of furan rings is 1. The molecule has 0 bridgehead atoms. The highest BCUT2D eigenvalue weighted by Crippen LogP contribution is 2.34. The molecule has 3 unspecified atom stereocenters. The van der Waals surface area contributed by atoms with Crippen LogP contribution in [0.25, 0.3) is 11.5 Å². The van der Waals surface area contributed by atoms with Gasteiger partial charge < -0.3 is 24.1 Å². The van der Waals surface area contributed by atoms with Crippen LogP contribution in [0.5, 0.6) is 0 Å². The number of piperidine rings is 1. The van der Waals surface area contributed by atoms with Gasteiger partial charge in [0.05, 0.1) is 18.5 Å². The van der Waals surface area contributed by atoms with E-state index in [2.05, 4.69) is 24.1 Å². The lowest BCUT2D eigenvalue weighted by molar-refractivity contribution is -0.133. The molecule has 1 saturated heterocycles. The summed E-state index contributed by atoms with van der Waals surface area (Å²) in [6, 6.07) is 7.76. The minimum Gasteiger partial charge on any atom is -0.463 e. The SMILES string of the molecule is CC1CC(C)CN(CCCN2C(=O)c3ccc(-c4ccco4)n3CC2(C)C(=O)NC2CCCCC2)C1. The summed E-state index contributed by atoms with van der Waals surface area (Å²) in [6.45, 7) is 10.8. The van der Waals surface area contributed by atoms with Crippen molar-refractivity contribution in [2.75, 3.05) is 26.2 Å². The highest BCUT2D eigenvalue weighted by Gasteiger charge is 2.48. The Morgan fingerprint density at radius 1 is 1.06 bits per heavy atom. The molecule has 0 spiro atoms. The monoisotopic (exact) mass is 494 g/mol. The molecule has 4 heterocycles. The van der Waals surface area contributed by atoms with E-state index in [1.54, 1.807) is 6.26 Å². The average Bonchev–Trinajstić information content (AvgIpc) is 3.51. The van der Waals surface area contributed by atoms with E-state index < -0.39 is 5.54 Å². The lowest BCUT2D eigenvalue weighted by Gasteiger charge is -2.45. The Balaban J connectivity index is 1.37. The molecule has 7 heteroatoms. The van der Waals surface area contributed by atoms with Crippen LogP contribution in [-0.2, 0) is 11.3 Å². The van der Waals surface area contributed by atoms with Crippen LogP contribution in [0.15, 0.2) is 34.9 Å². The Morgan fingerprint density at radius 3 is 2.47 bits per heavy atom. The zero-order chi connectivity index (χ0) is 25.3. The highest BCUT2D eigenvalue weighted by atomic mass is 16.3. The molecule has 2 fully saturated rings. The smallest absolute Gasteiger partial charge is 0.271 e. The number of likely N-dealkylation sites (tertiary alicyclic amines) is 1. The third-order valence-electron chi connectivity index (χ3n) is 8.51. The number of hydrogen-bond donors (Lipinski definition) is 1. The van der Waals surface area contributed by atoms with Crippen molar-refractivity contribution in [3.05, 3.63) is 36.2 Å². The van der Waals surface area contributed by atoms with Crippen LogP contribution in [-0.4, -0.2) is 63.9 Å². The van der Waals surface area contributed by atoms with Gasteiger partial charge in [-0.2, -0.15) is 0 Å².